The lowest BCUT2D eigenvalue weighted by Gasteiger charge is -2.16. The fraction of sp³-hybridized carbons (Fsp3) is 0.300. The molecular weight excluding hydrogens is 228 g/mol. The van der Waals surface area contributed by atoms with Gasteiger partial charge in [-0.1, -0.05) is 0 Å². The minimum absolute atomic E-state index is 0.471. The molecule has 5 nitrogen and oxygen atoms in total. The Hall–Kier alpha value is -1.56. The lowest BCUT2D eigenvalue weighted by atomic mass is 10.1. The van der Waals surface area contributed by atoms with E-state index < -0.39 is 10.0 Å². The fourth-order valence-electron chi connectivity index (χ4n) is 1.87. The van der Waals surface area contributed by atoms with Crippen molar-refractivity contribution in [2.75, 3.05) is 22.4 Å². The van der Waals surface area contributed by atoms with Gasteiger partial charge < -0.3 is 5.32 Å². The van der Waals surface area contributed by atoms with Crippen LogP contribution in [0.25, 0.3) is 0 Å². The van der Waals surface area contributed by atoms with E-state index in [9.17, 15) is 13.2 Å². The summed E-state index contributed by atoms with van der Waals surface area (Å²) in [5.74, 6) is 0. The second-order valence-electron chi connectivity index (χ2n) is 3.69. The first-order valence-electron chi connectivity index (χ1n) is 4.83. The third-order valence-electron chi connectivity index (χ3n) is 2.56. The van der Waals surface area contributed by atoms with E-state index in [1.807, 2.05) is 0 Å². The molecule has 6 heteroatoms. The van der Waals surface area contributed by atoms with Crippen molar-refractivity contribution in [1.29, 1.82) is 0 Å². The first-order valence-corrected chi connectivity index (χ1v) is 6.68. The molecule has 0 aliphatic carbocycles. The van der Waals surface area contributed by atoms with Crippen molar-refractivity contribution in [2.24, 2.45) is 0 Å². The number of carbonyl (C=O) groups excluding carboxylic acids is 1. The number of rotatable bonds is 3. The molecule has 0 fully saturated rings. The van der Waals surface area contributed by atoms with Crippen LogP contribution in [0.2, 0.25) is 0 Å². The van der Waals surface area contributed by atoms with Crippen LogP contribution >= 0.6 is 0 Å². The highest BCUT2D eigenvalue weighted by Gasteiger charge is 2.25. The number of hydrogen-bond acceptors (Lipinski definition) is 3. The highest BCUT2D eigenvalue weighted by molar-refractivity contribution is 7.92. The molecule has 1 aliphatic heterocycles. The van der Waals surface area contributed by atoms with Crippen molar-refractivity contribution in [3.63, 3.8) is 0 Å². The number of nitrogens with one attached hydrogen (secondary N) is 1. The quantitative estimate of drug-likeness (QED) is 0.786. The standard InChI is InChI=1S/C10H12N2O3S/c1-16(14,15)12-5-4-8-6-9(11-7-13)2-3-10(8)12/h2-3,6-7H,4-5H2,1H3,(H,11,13). The molecule has 0 aromatic heterocycles. The zero-order valence-corrected chi connectivity index (χ0v) is 9.62. The minimum atomic E-state index is -3.20. The van der Waals surface area contributed by atoms with E-state index in [1.165, 1.54) is 10.6 Å². The number of benzene rings is 1. The van der Waals surface area contributed by atoms with Gasteiger partial charge in [-0.15, -0.1) is 0 Å². The Morgan fingerprint density at radius 2 is 2.19 bits per heavy atom. The molecule has 0 atom stereocenters. The highest BCUT2D eigenvalue weighted by Crippen LogP contribution is 2.31. The predicted molar refractivity (Wildman–Crippen MR) is 62.0 cm³/mol. The molecule has 1 amide bonds. The fourth-order valence-corrected chi connectivity index (χ4v) is 2.83. The van der Waals surface area contributed by atoms with Gasteiger partial charge in [0.1, 0.15) is 0 Å². The number of amides is 1. The maximum absolute atomic E-state index is 11.5. The van der Waals surface area contributed by atoms with Gasteiger partial charge in [0.2, 0.25) is 16.4 Å². The smallest absolute Gasteiger partial charge is 0.232 e. The Morgan fingerprint density at radius 1 is 1.44 bits per heavy atom. The van der Waals surface area contributed by atoms with Gasteiger partial charge in [0.15, 0.2) is 0 Å². The average molecular weight is 240 g/mol. The second kappa shape index (κ2) is 3.79. The SMILES string of the molecule is CS(=O)(=O)N1CCc2cc(NC=O)ccc21. The summed E-state index contributed by atoms with van der Waals surface area (Å²) in [6, 6.07) is 5.21. The van der Waals surface area contributed by atoms with Crippen molar-refractivity contribution >= 4 is 27.8 Å². The molecule has 1 heterocycles. The van der Waals surface area contributed by atoms with Crippen molar-refractivity contribution < 1.29 is 13.2 Å². The second-order valence-corrected chi connectivity index (χ2v) is 5.60. The molecule has 0 saturated carbocycles. The van der Waals surface area contributed by atoms with Crippen molar-refractivity contribution in [2.45, 2.75) is 6.42 Å². The highest BCUT2D eigenvalue weighted by atomic mass is 32.2. The summed E-state index contributed by atoms with van der Waals surface area (Å²) in [7, 11) is -3.20. The molecule has 0 saturated heterocycles. The van der Waals surface area contributed by atoms with E-state index in [0.29, 0.717) is 30.8 Å². The van der Waals surface area contributed by atoms with Crippen molar-refractivity contribution in [3.05, 3.63) is 23.8 Å². The molecule has 1 aromatic rings. The molecule has 1 aliphatic rings. The van der Waals surface area contributed by atoms with E-state index in [2.05, 4.69) is 5.32 Å². The van der Waals surface area contributed by atoms with E-state index in [0.717, 1.165) is 5.56 Å². The molecule has 0 spiro atoms. The van der Waals surface area contributed by atoms with Crippen LogP contribution in [0.4, 0.5) is 11.4 Å². The summed E-state index contributed by atoms with van der Waals surface area (Å²) >= 11 is 0. The van der Waals surface area contributed by atoms with Gasteiger partial charge in [0, 0.05) is 12.2 Å². The Kier molecular flexibility index (Phi) is 2.59. The topological polar surface area (TPSA) is 66.5 Å². The first kappa shape index (κ1) is 10.9. The summed E-state index contributed by atoms with van der Waals surface area (Å²) in [5, 5.41) is 2.54. The van der Waals surface area contributed by atoms with Crippen molar-refractivity contribution in [3.8, 4) is 0 Å². The van der Waals surface area contributed by atoms with E-state index in [4.69, 9.17) is 0 Å². The molecule has 0 bridgehead atoms. The number of carbonyl (C=O) groups is 1. The third-order valence-corrected chi connectivity index (χ3v) is 3.74. The van der Waals surface area contributed by atoms with Crippen LogP contribution in [-0.4, -0.2) is 27.6 Å². The molecule has 0 radical (unpaired) electrons. The van der Waals surface area contributed by atoms with Gasteiger partial charge in [-0.3, -0.25) is 9.10 Å². The lowest BCUT2D eigenvalue weighted by Crippen LogP contribution is -2.27. The van der Waals surface area contributed by atoms with Crippen LogP contribution < -0.4 is 9.62 Å². The number of fused-ring (bicyclic) bond motifs is 1. The Bertz CT molecular complexity index is 525. The number of hydrogen-bond donors (Lipinski definition) is 1. The predicted octanol–water partition coefficient (Wildman–Crippen LogP) is 0.577. The summed E-state index contributed by atoms with van der Waals surface area (Å²) in [6.45, 7) is 0.471. The van der Waals surface area contributed by atoms with Gasteiger partial charge >= 0.3 is 0 Å². The Balaban J connectivity index is 2.39. The lowest BCUT2D eigenvalue weighted by molar-refractivity contribution is -0.105. The molecule has 2 rings (SSSR count). The van der Waals surface area contributed by atoms with Crippen LogP contribution in [0.15, 0.2) is 18.2 Å². The van der Waals surface area contributed by atoms with E-state index in [-0.39, 0.29) is 0 Å². The van der Waals surface area contributed by atoms with Gasteiger partial charge in [-0.25, -0.2) is 8.42 Å². The summed E-state index contributed by atoms with van der Waals surface area (Å²) in [4.78, 5) is 10.3. The molecule has 86 valence electrons. The van der Waals surface area contributed by atoms with Crippen LogP contribution in [0, 0.1) is 0 Å². The van der Waals surface area contributed by atoms with Gasteiger partial charge in [0.25, 0.3) is 0 Å². The molecular formula is C10H12N2O3S. The maximum atomic E-state index is 11.5. The molecule has 1 aromatic carbocycles. The van der Waals surface area contributed by atoms with Crippen LogP contribution in [-0.2, 0) is 21.2 Å². The zero-order chi connectivity index (χ0) is 11.8. The zero-order valence-electron chi connectivity index (χ0n) is 8.80. The van der Waals surface area contributed by atoms with Crippen LogP contribution in [0.5, 0.6) is 0 Å². The number of sulfonamides is 1. The summed E-state index contributed by atoms with van der Waals surface area (Å²) in [6.07, 6.45) is 2.47. The van der Waals surface area contributed by atoms with Gasteiger partial charge in [-0.2, -0.15) is 0 Å². The first-order chi connectivity index (χ1) is 7.52. The number of anilines is 2. The van der Waals surface area contributed by atoms with Crippen LogP contribution in [0.3, 0.4) is 0 Å². The average Bonchev–Trinajstić information content (AvgIpc) is 2.60. The molecule has 1 N–H and O–H groups in total. The Labute approximate surface area is 94.1 Å². The normalized spacial score (nSPS) is 14.7. The monoisotopic (exact) mass is 240 g/mol. The summed E-state index contributed by atoms with van der Waals surface area (Å²) in [5.41, 5.74) is 2.33. The van der Waals surface area contributed by atoms with Gasteiger partial charge in [-0.05, 0) is 30.2 Å². The summed E-state index contributed by atoms with van der Waals surface area (Å²) < 4.78 is 24.3. The van der Waals surface area contributed by atoms with Crippen molar-refractivity contribution in [1.82, 2.24) is 0 Å². The van der Waals surface area contributed by atoms with Crippen LogP contribution in [0.1, 0.15) is 5.56 Å². The molecule has 0 unspecified atom stereocenters. The maximum Gasteiger partial charge on any atom is 0.232 e. The Morgan fingerprint density at radius 3 is 2.81 bits per heavy atom. The number of nitrogens with zero attached hydrogens (tertiary/aromatic N) is 1. The largest absolute Gasteiger partial charge is 0.329 e. The van der Waals surface area contributed by atoms with E-state index in [1.54, 1.807) is 18.2 Å². The third kappa shape index (κ3) is 1.88. The minimum Gasteiger partial charge on any atom is -0.329 e. The van der Waals surface area contributed by atoms with E-state index >= 15 is 0 Å². The molecule has 16 heavy (non-hydrogen) atoms. The van der Waals surface area contributed by atoms with Gasteiger partial charge in [0.05, 0.1) is 11.9 Å².